The smallest absolute Gasteiger partial charge is 0.238 e. The van der Waals surface area contributed by atoms with E-state index >= 15 is 0 Å². The number of thioether (sulfide) groups is 1. The molecule has 1 aliphatic rings. The number of nitrogens with zero attached hydrogens (tertiary/aromatic N) is 3. The molecule has 4 rings (SSSR count). The summed E-state index contributed by atoms with van der Waals surface area (Å²) in [5.41, 5.74) is 3.18. The lowest BCUT2D eigenvalue weighted by atomic mass is 10.1. The first kappa shape index (κ1) is 17.8. The standard InChI is InChI=1S/C21H22N4OS/c1-14-8-6-7-11-17(14)19-23-24-21(25(19)2)27-18(15-9-4-3-5-10-15)20(26)22-16-12-13-16/h3-11,16,18H,12-13H2,1-2H3,(H,22,26)/t18-/m1/s1. The number of benzene rings is 2. The normalized spacial score (nSPS) is 14.7. The van der Waals surface area contributed by atoms with Crippen LogP contribution < -0.4 is 5.32 Å². The zero-order chi connectivity index (χ0) is 18.8. The molecular weight excluding hydrogens is 356 g/mol. The summed E-state index contributed by atoms with van der Waals surface area (Å²) in [7, 11) is 1.95. The van der Waals surface area contributed by atoms with Crippen molar-refractivity contribution in [3.05, 3.63) is 65.7 Å². The molecule has 1 fully saturated rings. The highest BCUT2D eigenvalue weighted by Crippen LogP contribution is 2.36. The molecule has 3 aromatic rings. The molecule has 1 N–H and O–H groups in total. The molecule has 6 heteroatoms. The summed E-state index contributed by atoms with van der Waals surface area (Å²) < 4.78 is 1.97. The van der Waals surface area contributed by atoms with Crippen molar-refractivity contribution in [3.8, 4) is 11.4 Å². The summed E-state index contributed by atoms with van der Waals surface area (Å²) in [5.74, 6) is 0.846. The Labute approximate surface area is 163 Å². The van der Waals surface area contributed by atoms with E-state index < -0.39 is 0 Å². The monoisotopic (exact) mass is 378 g/mol. The Kier molecular flexibility index (Phi) is 4.99. The third-order valence-electron chi connectivity index (χ3n) is 4.71. The highest BCUT2D eigenvalue weighted by molar-refractivity contribution is 8.00. The van der Waals surface area contributed by atoms with E-state index in [1.165, 1.54) is 11.8 Å². The molecule has 0 aliphatic heterocycles. The third kappa shape index (κ3) is 3.90. The molecule has 1 saturated carbocycles. The second-order valence-corrected chi connectivity index (χ2v) is 7.94. The number of aryl methyl sites for hydroxylation is 1. The Hall–Kier alpha value is -2.60. The van der Waals surface area contributed by atoms with E-state index in [-0.39, 0.29) is 11.2 Å². The van der Waals surface area contributed by atoms with Gasteiger partial charge in [-0.15, -0.1) is 10.2 Å². The molecule has 5 nitrogen and oxygen atoms in total. The fraction of sp³-hybridized carbons (Fsp3) is 0.286. The topological polar surface area (TPSA) is 59.8 Å². The average molecular weight is 379 g/mol. The summed E-state index contributed by atoms with van der Waals surface area (Å²) in [6.45, 7) is 2.06. The lowest BCUT2D eigenvalue weighted by Gasteiger charge is -2.16. The second-order valence-electron chi connectivity index (χ2n) is 6.87. The van der Waals surface area contributed by atoms with Gasteiger partial charge in [-0.25, -0.2) is 0 Å². The van der Waals surface area contributed by atoms with Gasteiger partial charge in [0.1, 0.15) is 5.25 Å². The van der Waals surface area contributed by atoms with Gasteiger partial charge < -0.3 is 9.88 Å². The Morgan fingerprint density at radius 2 is 1.81 bits per heavy atom. The molecule has 0 spiro atoms. The zero-order valence-corrected chi connectivity index (χ0v) is 16.2. The van der Waals surface area contributed by atoms with Gasteiger partial charge in [-0.2, -0.15) is 0 Å². The highest BCUT2D eigenvalue weighted by atomic mass is 32.2. The molecule has 1 heterocycles. The van der Waals surface area contributed by atoms with Crippen LogP contribution in [0.15, 0.2) is 59.8 Å². The molecule has 0 bridgehead atoms. The van der Waals surface area contributed by atoms with Gasteiger partial charge in [-0.05, 0) is 30.9 Å². The van der Waals surface area contributed by atoms with Gasteiger partial charge in [0.05, 0.1) is 0 Å². The summed E-state index contributed by atoms with van der Waals surface area (Å²) in [4.78, 5) is 12.9. The largest absolute Gasteiger partial charge is 0.352 e. The number of carbonyl (C=O) groups excluding carboxylic acids is 1. The van der Waals surface area contributed by atoms with Crippen LogP contribution in [0.3, 0.4) is 0 Å². The first-order valence-electron chi connectivity index (χ1n) is 9.11. The summed E-state index contributed by atoms with van der Waals surface area (Å²) in [5, 5.41) is 12.3. The van der Waals surface area contributed by atoms with Crippen molar-refractivity contribution in [1.82, 2.24) is 20.1 Å². The van der Waals surface area contributed by atoms with Crippen molar-refractivity contribution < 1.29 is 4.79 Å². The maximum Gasteiger partial charge on any atom is 0.238 e. The molecule has 27 heavy (non-hydrogen) atoms. The molecule has 1 amide bonds. The Bertz CT molecular complexity index is 950. The van der Waals surface area contributed by atoms with Crippen molar-refractivity contribution in [1.29, 1.82) is 0 Å². The van der Waals surface area contributed by atoms with Crippen LogP contribution in [0, 0.1) is 6.92 Å². The van der Waals surface area contributed by atoms with Crippen LogP contribution >= 0.6 is 11.8 Å². The van der Waals surface area contributed by atoms with Gasteiger partial charge in [0.2, 0.25) is 5.91 Å². The molecule has 0 radical (unpaired) electrons. The molecule has 2 aromatic carbocycles. The number of hydrogen-bond donors (Lipinski definition) is 1. The number of hydrogen-bond acceptors (Lipinski definition) is 4. The van der Waals surface area contributed by atoms with Gasteiger partial charge in [0.15, 0.2) is 11.0 Å². The van der Waals surface area contributed by atoms with Crippen molar-refractivity contribution in [2.24, 2.45) is 7.05 Å². The molecular formula is C21H22N4OS. The summed E-state index contributed by atoms with van der Waals surface area (Å²) in [6, 6.07) is 18.3. The van der Waals surface area contributed by atoms with Gasteiger partial charge in [-0.3, -0.25) is 4.79 Å². The zero-order valence-electron chi connectivity index (χ0n) is 15.4. The van der Waals surface area contributed by atoms with E-state index in [1.807, 2.05) is 60.1 Å². The molecule has 138 valence electrons. The van der Waals surface area contributed by atoms with E-state index in [0.717, 1.165) is 40.5 Å². The van der Waals surface area contributed by atoms with Crippen molar-refractivity contribution in [2.75, 3.05) is 0 Å². The Balaban J connectivity index is 1.63. The molecule has 1 aromatic heterocycles. The fourth-order valence-corrected chi connectivity index (χ4v) is 4.00. The predicted octanol–water partition coefficient (Wildman–Crippen LogP) is 3.90. The minimum Gasteiger partial charge on any atom is -0.352 e. The van der Waals surface area contributed by atoms with Crippen molar-refractivity contribution >= 4 is 17.7 Å². The minimum atomic E-state index is -0.348. The van der Waals surface area contributed by atoms with E-state index in [0.29, 0.717) is 6.04 Å². The number of rotatable bonds is 6. The van der Waals surface area contributed by atoms with Gasteiger partial charge >= 0.3 is 0 Å². The third-order valence-corrected chi connectivity index (χ3v) is 6.00. The lowest BCUT2D eigenvalue weighted by Crippen LogP contribution is -2.29. The second kappa shape index (κ2) is 7.56. The highest BCUT2D eigenvalue weighted by Gasteiger charge is 2.30. The van der Waals surface area contributed by atoms with Gasteiger partial charge in [0, 0.05) is 18.7 Å². The number of nitrogens with one attached hydrogen (secondary N) is 1. The number of amides is 1. The average Bonchev–Trinajstić information content (AvgIpc) is 3.42. The Morgan fingerprint density at radius 3 is 2.52 bits per heavy atom. The van der Waals surface area contributed by atoms with Crippen LogP contribution in [-0.2, 0) is 11.8 Å². The van der Waals surface area contributed by atoms with Gasteiger partial charge in [0.25, 0.3) is 0 Å². The molecule has 0 unspecified atom stereocenters. The lowest BCUT2D eigenvalue weighted by molar-refractivity contribution is -0.120. The first-order chi connectivity index (χ1) is 13.1. The van der Waals surface area contributed by atoms with E-state index in [1.54, 1.807) is 0 Å². The van der Waals surface area contributed by atoms with E-state index in [9.17, 15) is 4.79 Å². The van der Waals surface area contributed by atoms with E-state index in [2.05, 4.69) is 28.5 Å². The van der Waals surface area contributed by atoms with Crippen LogP contribution in [0.4, 0.5) is 0 Å². The van der Waals surface area contributed by atoms with Crippen molar-refractivity contribution in [3.63, 3.8) is 0 Å². The maximum atomic E-state index is 12.9. The summed E-state index contributed by atoms with van der Waals surface area (Å²) in [6.07, 6.45) is 2.14. The Morgan fingerprint density at radius 1 is 1.11 bits per heavy atom. The fourth-order valence-electron chi connectivity index (χ4n) is 2.99. The quantitative estimate of drug-likeness (QED) is 0.661. The summed E-state index contributed by atoms with van der Waals surface area (Å²) >= 11 is 1.44. The van der Waals surface area contributed by atoms with Crippen LogP contribution in [-0.4, -0.2) is 26.7 Å². The van der Waals surface area contributed by atoms with Crippen LogP contribution in [0.2, 0.25) is 0 Å². The first-order valence-corrected chi connectivity index (χ1v) is 9.99. The van der Waals surface area contributed by atoms with Crippen LogP contribution in [0.25, 0.3) is 11.4 Å². The molecule has 1 aliphatic carbocycles. The maximum absolute atomic E-state index is 12.9. The van der Waals surface area contributed by atoms with Gasteiger partial charge in [-0.1, -0.05) is 66.4 Å². The number of aromatic nitrogens is 3. The minimum absolute atomic E-state index is 0.0362. The molecule has 1 atom stereocenters. The van der Waals surface area contributed by atoms with E-state index in [4.69, 9.17) is 0 Å². The van der Waals surface area contributed by atoms with Crippen LogP contribution in [0.5, 0.6) is 0 Å². The SMILES string of the molecule is Cc1ccccc1-c1nnc(S[C@@H](C(=O)NC2CC2)c2ccccc2)n1C. The number of carbonyl (C=O) groups is 1. The predicted molar refractivity (Wildman–Crippen MR) is 107 cm³/mol. The molecule has 0 saturated heterocycles. The van der Waals surface area contributed by atoms with Crippen LogP contribution in [0.1, 0.15) is 29.2 Å². The van der Waals surface area contributed by atoms with Crippen molar-refractivity contribution in [2.45, 2.75) is 36.2 Å².